The number of nitrogens with two attached hydrogens (primary N) is 1. The van der Waals surface area contributed by atoms with Crippen molar-refractivity contribution in [1.82, 2.24) is 0 Å². The fraction of sp³-hybridized carbons (Fsp3) is 0.286. The molecular weight excluding hydrogens is 130 g/mol. The summed E-state index contributed by atoms with van der Waals surface area (Å²) in [5, 5.41) is 0. The van der Waals surface area contributed by atoms with Crippen LogP contribution in [0.5, 0.6) is 0 Å². The molecule has 0 aliphatic heterocycles. The first kappa shape index (κ1) is 8.75. The predicted molar refractivity (Wildman–Crippen MR) is 39.5 cm³/mol. The molecular formula is C7H11NO2. The average molecular weight is 141 g/mol. The molecule has 2 N–H and O–H groups in total. The summed E-state index contributed by atoms with van der Waals surface area (Å²) in [6.07, 6.45) is 2.57. The second kappa shape index (κ2) is 4.61. The van der Waals surface area contributed by atoms with Gasteiger partial charge in [-0.05, 0) is 0 Å². The van der Waals surface area contributed by atoms with Gasteiger partial charge in [0.2, 0.25) is 0 Å². The first-order valence-electron chi connectivity index (χ1n) is 2.90. The van der Waals surface area contributed by atoms with Gasteiger partial charge in [0.05, 0.1) is 0 Å². The normalized spacial score (nSPS) is 11.6. The number of hydrogen-bond donors (Lipinski definition) is 1. The number of carbonyl (C=O) groups is 1. The molecule has 0 rings (SSSR count). The summed E-state index contributed by atoms with van der Waals surface area (Å²) in [6, 6.07) is 0. The number of amides is 1. The predicted octanol–water partition coefficient (Wildman–Crippen LogP) is 1.21. The summed E-state index contributed by atoms with van der Waals surface area (Å²) in [6.45, 7) is 6.93. The molecule has 56 valence electrons. The molecule has 3 nitrogen and oxygen atoms in total. The molecule has 0 fully saturated rings. The zero-order valence-electron chi connectivity index (χ0n) is 5.75. The Labute approximate surface area is 60.2 Å². The minimum atomic E-state index is -0.785. The summed E-state index contributed by atoms with van der Waals surface area (Å²) in [4.78, 5) is 10.2. The Morgan fingerprint density at radius 3 is 2.60 bits per heavy atom. The lowest BCUT2D eigenvalue weighted by Crippen LogP contribution is -2.20. The molecule has 1 atom stereocenters. The molecule has 0 aliphatic rings. The van der Waals surface area contributed by atoms with Crippen LogP contribution in [0.4, 0.5) is 4.79 Å². The van der Waals surface area contributed by atoms with Crippen molar-refractivity contribution >= 4 is 6.09 Å². The standard InChI is InChI=1S/C7H11NO2/c1-3-5-6(4-2)10-7(8)9/h3-4,6H,1-2,5H2,(H2,8,9). The van der Waals surface area contributed by atoms with Crippen LogP contribution >= 0.6 is 0 Å². The van der Waals surface area contributed by atoms with E-state index in [2.05, 4.69) is 17.9 Å². The van der Waals surface area contributed by atoms with E-state index in [1.165, 1.54) is 6.08 Å². The molecule has 0 aromatic heterocycles. The largest absolute Gasteiger partial charge is 0.442 e. The van der Waals surface area contributed by atoms with Crippen LogP contribution in [0.1, 0.15) is 6.42 Å². The van der Waals surface area contributed by atoms with Crippen LogP contribution < -0.4 is 5.73 Å². The molecule has 0 bridgehead atoms. The van der Waals surface area contributed by atoms with E-state index in [1.54, 1.807) is 6.08 Å². The summed E-state index contributed by atoms with van der Waals surface area (Å²) in [5.41, 5.74) is 4.76. The topological polar surface area (TPSA) is 52.3 Å². The van der Waals surface area contributed by atoms with Crippen LogP contribution in [0.25, 0.3) is 0 Å². The van der Waals surface area contributed by atoms with Gasteiger partial charge in [0.25, 0.3) is 0 Å². The lowest BCUT2D eigenvalue weighted by Gasteiger charge is -2.08. The molecule has 0 saturated carbocycles. The highest BCUT2D eigenvalue weighted by Crippen LogP contribution is 1.99. The average Bonchev–Trinajstić information content (AvgIpc) is 1.86. The molecule has 0 aliphatic carbocycles. The molecule has 0 aromatic carbocycles. The number of ether oxygens (including phenoxy) is 1. The SMILES string of the molecule is C=CCC(C=C)OC(N)=O. The highest BCUT2D eigenvalue weighted by atomic mass is 16.6. The van der Waals surface area contributed by atoms with E-state index in [-0.39, 0.29) is 6.10 Å². The minimum absolute atomic E-state index is 0.338. The zero-order valence-corrected chi connectivity index (χ0v) is 5.75. The van der Waals surface area contributed by atoms with E-state index >= 15 is 0 Å². The minimum Gasteiger partial charge on any atom is -0.442 e. The first-order chi connectivity index (χ1) is 4.70. The third-order valence-electron chi connectivity index (χ3n) is 0.929. The van der Waals surface area contributed by atoms with Gasteiger partial charge in [-0.1, -0.05) is 18.7 Å². The van der Waals surface area contributed by atoms with Crippen molar-refractivity contribution in [2.45, 2.75) is 12.5 Å². The molecule has 10 heavy (non-hydrogen) atoms. The number of carbonyl (C=O) groups excluding carboxylic acids is 1. The van der Waals surface area contributed by atoms with Crippen molar-refractivity contribution in [3.63, 3.8) is 0 Å². The van der Waals surface area contributed by atoms with E-state index in [1.807, 2.05) is 0 Å². The number of hydrogen-bond acceptors (Lipinski definition) is 2. The Kier molecular flexibility index (Phi) is 4.04. The van der Waals surface area contributed by atoms with Gasteiger partial charge < -0.3 is 10.5 Å². The second-order valence-electron chi connectivity index (χ2n) is 1.74. The van der Waals surface area contributed by atoms with Crippen LogP contribution in [-0.2, 0) is 4.74 Å². The van der Waals surface area contributed by atoms with Crippen molar-refractivity contribution < 1.29 is 9.53 Å². The Hall–Kier alpha value is -1.25. The van der Waals surface area contributed by atoms with Crippen LogP contribution in [0, 0.1) is 0 Å². The fourth-order valence-corrected chi connectivity index (χ4v) is 0.506. The molecule has 0 saturated heterocycles. The van der Waals surface area contributed by atoms with E-state index in [9.17, 15) is 4.79 Å². The maximum absolute atomic E-state index is 10.2. The van der Waals surface area contributed by atoms with Gasteiger partial charge >= 0.3 is 6.09 Å². The van der Waals surface area contributed by atoms with Crippen molar-refractivity contribution in [2.75, 3.05) is 0 Å². The van der Waals surface area contributed by atoms with Crippen molar-refractivity contribution in [3.05, 3.63) is 25.3 Å². The van der Waals surface area contributed by atoms with Gasteiger partial charge in [-0.25, -0.2) is 4.79 Å². The maximum Gasteiger partial charge on any atom is 0.405 e. The molecule has 1 unspecified atom stereocenters. The van der Waals surface area contributed by atoms with Gasteiger partial charge in [0.1, 0.15) is 6.10 Å². The van der Waals surface area contributed by atoms with Gasteiger partial charge in [-0.15, -0.1) is 6.58 Å². The molecule has 0 spiro atoms. The molecule has 3 heteroatoms. The summed E-state index contributed by atoms with van der Waals surface area (Å²) in [7, 11) is 0. The van der Waals surface area contributed by atoms with Crippen LogP contribution in [0.3, 0.4) is 0 Å². The molecule has 0 radical (unpaired) electrons. The summed E-state index contributed by atoms with van der Waals surface area (Å²) >= 11 is 0. The Balaban J connectivity index is 3.70. The summed E-state index contributed by atoms with van der Waals surface area (Å²) in [5.74, 6) is 0. The van der Waals surface area contributed by atoms with E-state index < -0.39 is 6.09 Å². The molecule has 0 heterocycles. The highest BCUT2D eigenvalue weighted by Gasteiger charge is 2.03. The van der Waals surface area contributed by atoms with Crippen molar-refractivity contribution in [3.8, 4) is 0 Å². The Bertz CT molecular complexity index is 143. The van der Waals surface area contributed by atoms with Gasteiger partial charge in [0, 0.05) is 6.42 Å². The van der Waals surface area contributed by atoms with Gasteiger partial charge in [-0.3, -0.25) is 0 Å². The van der Waals surface area contributed by atoms with E-state index in [4.69, 9.17) is 5.73 Å². The third-order valence-corrected chi connectivity index (χ3v) is 0.929. The fourth-order valence-electron chi connectivity index (χ4n) is 0.506. The molecule has 1 amide bonds. The monoisotopic (exact) mass is 141 g/mol. The first-order valence-corrected chi connectivity index (χ1v) is 2.90. The maximum atomic E-state index is 10.2. The second-order valence-corrected chi connectivity index (χ2v) is 1.74. The lowest BCUT2D eigenvalue weighted by atomic mass is 10.2. The van der Waals surface area contributed by atoms with Gasteiger partial charge in [-0.2, -0.15) is 0 Å². The zero-order chi connectivity index (χ0) is 7.98. The third kappa shape index (κ3) is 3.72. The van der Waals surface area contributed by atoms with Crippen molar-refractivity contribution in [1.29, 1.82) is 0 Å². The highest BCUT2D eigenvalue weighted by molar-refractivity contribution is 5.65. The quantitative estimate of drug-likeness (QED) is 0.598. The van der Waals surface area contributed by atoms with Crippen LogP contribution in [0.2, 0.25) is 0 Å². The van der Waals surface area contributed by atoms with E-state index in [0.717, 1.165) is 0 Å². The van der Waals surface area contributed by atoms with E-state index in [0.29, 0.717) is 6.42 Å². The van der Waals surface area contributed by atoms with Crippen LogP contribution in [-0.4, -0.2) is 12.2 Å². The number of rotatable bonds is 4. The Morgan fingerprint density at radius 2 is 2.30 bits per heavy atom. The smallest absolute Gasteiger partial charge is 0.405 e. The Morgan fingerprint density at radius 1 is 1.70 bits per heavy atom. The van der Waals surface area contributed by atoms with Crippen molar-refractivity contribution in [2.24, 2.45) is 5.73 Å². The number of primary amides is 1. The van der Waals surface area contributed by atoms with Gasteiger partial charge in [0.15, 0.2) is 0 Å². The van der Waals surface area contributed by atoms with Crippen LogP contribution in [0.15, 0.2) is 25.3 Å². The summed E-state index contributed by atoms with van der Waals surface area (Å²) < 4.78 is 4.59. The molecule has 0 aromatic rings. The lowest BCUT2D eigenvalue weighted by molar-refractivity contribution is 0.131.